The van der Waals surface area contributed by atoms with Crippen molar-refractivity contribution in [1.82, 2.24) is 5.32 Å². The average molecular weight is 391 g/mol. The number of allylic oxidation sites excluding steroid dienone is 2. The highest BCUT2D eigenvalue weighted by molar-refractivity contribution is 5.95. The lowest BCUT2D eigenvalue weighted by atomic mass is 9.76. The topological polar surface area (TPSA) is 50.4 Å². The van der Waals surface area contributed by atoms with Crippen LogP contribution in [0, 0.1) is 5.92 Å². The van der Waals surface area contributed by atoms with Crippen LogP contribution in [0.25, 0.3) is 0 Å². The molecule has 0 saturated heterocycles. The van der Waals surface area contributed by atoms with Crippen LogP contribution in [0.15, 0.2) is 54.6 Å². The fourth-order valence-electron chi connectivity index (χ4n) is 4.55. The molecule has 0 saturated carbocycles. The first-order valence-corrected chi connectivity index (χ1v) is 10.8. The number of hydrogen-bond acceptors (Lipinski definition) is 3. The largest absolute Gasteiger partial charge is 0.494 e. The van der Waals surface area contributed by atoms with Gasteiger partial charge in [-0.15, -0.1) is 0 Å². The number of unbranched alkanes of at least 4 members (excludes halogenated alkanes) is 1. The van der Waals surface area contributed by atoms with Crippen LogP contribution in [0.4, 0.5) is 5.69 Å². The molecule has 2 N–H and O–H groups in total. The molecule has 0 radical (unpaired) electrons. The Hall–Kier alpha value is -2.75. The number of ether oxygens (including phenoxy) is 1. The Labute approximate surface area is 173 Å². The molecule has 4 rings (SSSR count). The number of para-hydroxylation sites is 1. The maximum Gasteiger partial charge on any atom is 0.251 e. The van der Waals surface area contributed by atoms with E-state index in [1.807, 2.05) is 19.1 Å². The Balaban J connectivity index is 1.64. The van der Waals surface area contributed by atoms with Crippen molar-refractivity contribution in [2.24, 2.45) is 5.92 Å². The molecule has 1 aliphatic carbocycles. The SMILES string of the molecule is CCCCNC(=O)c1ccc2c(c1)C1C=CCC1C(c1ccccc1OCC)N2. The van der Waals surface area contributed by atoms with E-state index in [-0.39, 0.29) is 11.9 Å². The molecule has 4 heteroatoms. The number of carbonyl (C=O) groups is 1. The van der Waals surface area contributed by atoms with E-state index in [2.05, 4.69) is 60.0 Å². The van der Waals surface area contributed by atoms with Crippen LogP contribution in [-0.2, 0) is 0 Å². The van der Waals surface area contributed by atoms with Crippen LogP contribution in [0.5, 0.6) is 5.75 Å². The lowest BCUT2D eigenvalue weighted by molar-refractivity contribution is 0.0953. The molecular weight excluding hydrogens is 360 g/mol. The minimum Gasteiger partial charge on any atom is -0.494 e. The van der Waals surface area contributed by atoms with Crippen LogP contribution < -0.4 is 15.4 Å². The van der Waals surface area contributed by atoms with E-state index in [0.717, 1.165) is 42.8 Å². The summed E-state index contributed by atoms with van der Waals surface area (Å²) < 4.78 is 5.91. The van der Waals surface area contributed by atoms with Crippen molar-refractivity contribution >= 4 is 11.6 Å². The Bertz CT molecular complexity index is 905. The van der Waals surface area contributed by atoms with Gasteiger partial charge < -0.3 is 15.4 Å². The molecular formula is C25H30N2O2. The van der Waals surface area contributed by atoms with Crippen molar-refractivity contribution in [2.45, 2.75) is 45.1 Å². The van der Waals surface area contributed by atoms with Gasteiger partial charge in [-0.25, -0.2) is 0 Å². The summed E-state index contributed by atoms with van der Waals surface area (Å²) in [6.07, 6.45) is 7.69. The molecule has 2 aromatic carbocycles. The molecule has 0 spiro atoms. The second kappa shape index (κ2) is 8.73. The minimum absolute atomic E-state index is 0.0172. The van der Waals surface area contributed by atoms with Crippen molar-refractivity contribution in [3.8, 4) is 5.75 Å². The van der Waals surface area contributed by atoms with Crippen molar-refractivity contribution in [2.75, 3.05) is 18.5 Å². The Morgan fingerprint density at radius 2 is 2.03 bits per heavy atom. The molecule has 1 amide bonds. The first kappa shape index (κ1) is 19.6. The molecule has 2 aromatic rings. The quantitative estimate of drug-likeness (QED) is 0.489. The van der Waals surface area contributed by atoms with Crippen LogP contribution in [0.1, 0.15) is 66.6 Å². The van der Waals surface area contributed by atoms with Gasteiger partial charge in [0.2, 0.25) is 0 Å². The van der Waals surface area contributed by atoms with Crippen molar-refractivity contribution in [3.05, 3.63) is 71.3 Å². The number of hydrogen-bond donors (Lipinski definition) is 2. The zero-order valence-corrected chi connectivity index (χ0v) is 17.3. The molecule has 2 aliphatic rings. The third-order valence-electron chi connectivity index (χ3n) is 5.99. The van der Waals surface area contributed by atoms with E-state index in [9.17, 15) is 4.79 Å². The van der Waals surface area contributed by atoms with Gasteiger partial charge >= 0.3 is 0 Å². The lowest BCUT2D eigenvalue weighted by Gasteiger charge is -2.38. The second-order valence-electron chi connectivity index (χ2n) is 7.86. The highest BCUT2D eigenvalue weighted by atomic mass is 16.5. The summed E-state index contributed by atoms with van der Waals surface area (Å²) in [5.41, 5.74) is 4.28. The molecule has 1 heterocycles. The fraction of sp³-hybridized carbons (Fsp3) is 0.400. The maximum absolute atomic E-state index is 12.5. The molecule has 152 valence electrons. The van der Waals surface area contributed by atoms with Crippen molar-refractivity contribution in [1.29, 1.82) is 0 Å². The number of benzene rings is 2. The number of carbonyl (C=O) groups excluding carboxylic acids is 1. The van der Waals surface area contributed by atoms with Crippen LogP contribution in [0.3, 0.4) is 0 Å². The van der Waals surface area contributed by atoms with Crippen LogP contribution in [0.2, 0.25) is 0 Å². The predicted molar refractivity (Wildman–Crippen MR) is 118 cm³/mol. The van der Waals surface area contributed by atoms with E-state index >= 15 is 0 Å². The van der Waals surface area contributed by atoms with Crippen LogP contribution in [-0.4, -0.2) is 19.1 Å². The summed E-state index contributed by atoms with van der Waals surface area (Å²) in [7, 11) is 0. The first-order chi connectivity index (χ1) is 14.2. The summed E-state index contributed by atoms with van der Waals surface area (Å²) in [6, 6.07) is 14.6. The van der Waals surface area contributed by atoms with Crippen molar-refractivity contribution in [3.63, 3.8) is 0 Å². The molecule has 0 bridgehead atoms. The summed E-state index contributed by atoms with van der Waals surface area (Å²) in [5.74, 6) is 1.70. The Morgan fingerprint density at radius 3 is 2.86 bits per heavy atom. The van der Waals surface area contributed by atoms with Crippen molar-refractivity contribution < 1.29 is 9.53 Å². The highest BCUT2D eigenvalue weighted by Gasteiger charge is 2.39. The van der Waals surface area contributed by atoms with E-state index in [1.165, 1.54) is 11.1 Å². The zero-order chi connectivity index (χ0) is 20.2. The van der Waals surface area contributed by atoms with E-state index in [0.29, 0.717) is 18.4 Å². The van der Waals surface area contributed by atoms with Gasteiger partial charge in [-0.2, -0.15) is 0 Å². The molecule has 4 nitrogen and oxygen atoms in total. The van der Waals surface area contributed by atoms with Gasteiger partial charge in [-0.1, -0.05) is 43.7 Å². The van der Waals surface area contributed by atoms with Gasteiger partial charge in [-0.3, -0.25) is 4.79 Å². The summed E-state index contributed by atoms with van der Waals surface area (Å²) in [6.45, 7) is 5.53. The number of fused-ring (bicyclic) bond motifs is 3. The minimum atomic E-state index is 0.0172. The standard InChI is InChI=1S/C25H30N2O2/c1-3-5-15-26-25(28)17-13-14-22-21(16-17)18-10-8-11-19(18)24(27-22)20-9-6-7-12-23(20)29-4-2/h6-10,12-14,16,18-19,24,27H,3-5,11,15H2,1-2H3,(H,26,28). The average Bonchev–Trinajstić information content (AvgIpc) is 3.24. The number of anilines is 1. The van der Waals surface area contributed by atoms with E-state index in [1.54, 1.807) is 0 Å². The molecule has 3 atom stereocenters. The second-order valence-corrected chi connectivity index (χ2v) is 7.86. The highest BCUT2D eigenvalue weighted by Crippen LogP contribution is 2.51. The third-order valence-corrected chi connectivity index (χ3v) is 5.99. The first-order valence-electron chi connectivity index (χ1n) is 10.8. The Morgan fingerprint density at radius 1 is 1.17 bits per heavy atom. The fourth-order valence-corrected chi connectivity index (χ4v) is 4.55. The summed E-state index contributed by atoms with van der Waals surface area (Å²) in [5, 5.41) is 6.78. The van der Waals surface area contributed by atoms with Gasteiger partial charge in [0.05, 0.1) is 12.6 Å². The normalized spacial score (nSPS) is 21.8. The van der Waals surface area contributed by atoms with E-state index < -0.39 is 0 Å². The number of nitrogens with one attached hydrogen (secondary N) is 2. The van der Waals surface area contributed by atoms with Gasteiger partial charge in [-0.05, 0) is 55.5 Å². The van der Waals surface area contributed by atoms with Gasteiger partial charge in [0.1, 0.15) is 5.75 Å². The third kappa shape index (κ3) is 3.89. The van der Waals surface area contributed by atoms with Crippen LogP contribution >= 0.6 is 0 Å². The Kier molecular flexibility index (Phi) is 5.89. The number of rotatable bonds is 7. The smallest absolute Gasteiger partial charge is 0.251 e. The predicted octanol–water partition coefficient (Wildman–Crippen LogP) is 5.44. The molecule has 0 aromatic heterocycles. The van der Waals surface area contributed by atoms with E-state index in [4.69, 9.17) is 4.74 Å². The molecule has 3 unspecified atom stereocenters. The molecule has 29 heavy (non-hydrogen) atoms. The number of amides is 1. The summed E-state index contributed by atoms with van der Waals surface area (Å²) >= 11 is 0. The van der Waals surface area contributed by atoms with Gasteiger partial charge in [0.25, 0.3) is 5.91 Å². The summed E-state index contributed by atoms with van der Waals surface area (Å²) in [4.78, 5) is 12.5. The monoisotopic (exact) mass is 390 g/mol. The lowest BCUT2D eigenvalue weighted by Crippen LogP contribution is -2.30. The van der Waals surface area contributed by atoms with Gasteiger partial charge in [0, 0.05) is 29.3 Å². The molecule has 1 aliphatic heterocycles. The molecule has 0 fully saturated rings. The van der Waals surface area contributed by atoms with Gasteiger partial charge in [0.15, 0.2) is 0 Å². The zero-order valence-electron chi connectivity index (χ0n) is 17.3. The maximum atomic E-state index is 12.5.